The average Bonchev–Trinajstić information content (AvgIpc) is 3.27. The van der Waals surface area contributed by atoms with Gasteiger partial charge in [-0.1, -0.05) is 25.3 Å². The molecule has 1 aliphatic carbocycles. The van der Waals surface area contributed by atoms with Crippen molar-refractivity contribution in [2.45, 2.75) is 94.9 Å². The van der Waals surface area contributed by atoms with Crippen LogP contribution in [0.25, 0.3) is 11.3 Å². The predicted octanol–water partition coefficient (Wildman–Crippen LogP) is 5.13. The molecule has 2 aliphatic rings. The van der Waals surface area contributed by atoms with Crippen LogP contribution in [-0.2, 0) is 27.5 Å². The van der Waals surface area contributed by atoms with Crippen LogP contribution in [0.4, 0.5) is 13.2 Å². The Kier molecular flexibility index (Phi) is 8.77. The highest BCUT2D eigenvalue weighted by atomic mass is 32.2. The Balaban J connectivity index is 1.74. The zero-order chi connectivity index (χ0) is 28.4. The Morgan fingerprint density at radius 2 is 1.72 bits per heavy atom. The number of carbonyl (C=O) groups excluding carboxylic acids is 1. The fourth-order valence-corrected chi connectivity index (χ4v) is 6.85. The fourth-order valence-electron chi connectivity index (χ4n) is 5.22. The Bertz CT molecular complexity index is 1270. The van der Waals surface area contributed by atoms with Crippen LogP contribution in [0.1, 0.15) is 81.8 Å². The largest absolute Gasteiger partial charge is 0.417 e. The minimum Gasteiger partial charge on any atom is -0.381 e. The second-order valence-electron chi connectivity index (χ2n) is 11.5. The van der Waals surface area contributed by atoms with Gasteiger partial charge in [-0.2, -0.15) is 18.3 Å². The maximum atomic E-state index is 14.2. The molecule has 0 unspecified atom stereocenters. The third kappa shape index (κ3) is 7.61. The predicted molar refractivity (Wildman–Crippen MR) is 141 cm³/mol. The van der Waals surface area contributed by atoms with E-state index in [0.29, 0.717) is 44.2 Å². The highest BCUT2D eigenvalue weighted by Crippen LogP contribution is 2.38. The number of nitrogens with zero attached hydrogens (tertiary/aromatic N) is 2. The minimum absolute atomic E-state index is 0.0603. The average molecular weight is 571 g/mol. The topological polar surface area (TPSA) is 102 Å². The third-order valence-corrected chi connectivity index (χ3v) is 8.85. The number of hydrogen-bond acceptors (Lipinski definition) is 5. The van der Waals surface area contributed by atoms with Gasteiger partial charge in [-0.15, -0.1) is 0 Å². The van der Waals surface area contributed by atoms with Gasteiger partial charge in [-0.05, 0) is 70.6 Å². The zero-order valence-corrected chi connectivity index (χ0v) is 23.4. The van der Waals surface area contributed by atoms with Gasteiger partial charge in [-0.25, -0.2) is 13.1 Å². The van der Waals surface area contributed by atoms with Crippen molar-refractivity contribution in [3.05, 3.63) is 35.5 Å². The summed E-state index contributed by atoms with van der Waals surface area (Å²) in [7, 11) is -4.45. The van der Waals surface area contributed by atoms with Crippen molar-refractivity contribution in [2.75, 3.05) is 13.2 Å². The van der Waals surface area contributed by atoms with Gasteiger partial charge >= 0.3 is 6.18 Å². The van der Waals surface area contributed by atoms with Gasteiger partial charge in [0.2, 0.25) is 10.0 Å². The highest BCUT2D eigenvalue weighted by Gasteiger charge is 2.39. The van der Waals surface area contributed by atoms with E-state index >= 15 is 0 Å². The first kappa shape index (κ1) is 29.5. The number of alkyl halides is 3. The Morgan fingerprint density at radius 3 is 2.33 bits per heavy atom. The van der Waals surface area contributed by atoms with Crippen LogP contribution in [0.15, 0.2) is 29.2 Å². The number of halogens is 3. The second kappa shape index (κ2) is 11.6. The van der Waals surface area contributed by atoms with Gasteiger partial charge in [0.25, 0.3) is 5.91 Å². The first-order valence-electron chi connectivity index (χ1n) is 13.4. The molecule has 2 aromatic rings. The van der Waals surface area contributed by atoms with Crippen molar-refractivity contribution in [1.29, 1.82) is 0 Å². The Hall–Kier alpha value is -2.44. The summed E-state index contributed by atoms with van der Waals surface area (Å²) in [5.74, 6) is -0.100. The number of benzene rings is 1. The minimum atomic E-state index is -4.92. The number of sulfonamides is 1. The third-order valence-electron chi connectivity index (χ3n) is 7.04. The van der Waals surface area contributed by atoms with Crippen LogP contribution < -0.4 is 10.0 Å². The maximum Gasteiger partial charge on any atom is 0.417 e. The lowest BCUT2D eigenvalue weighted by Gasteiger charge is -2.23. The molecule has 0 atom stereocenters. The lowest BCUT2D eigenvalue weighted by atomic mass is 9.89. The number of nitrogens with one attached hydrogen (secondary N) is 2. The van der Waals surface area contributed by atoms with Crippen LogP contribution >= 0.6 is 0 Å². The molecule has 1 amide bonds. The molecule has 8 nitrogen and oxygen atoms in total. The summed E-state index contributed by atoms with van der Waals surface area (Å²) in [6.45, 7) is 6.24. The normalized spacial score (nSPS) is 18.3. The molecular weight excluding hydrogens is 533 g/mol. The number of hydrogen-bond donors (Lipinski definition) is 2. The van der Waals surface area contributed by atoms with E-state index in [1.165, 1.54) is 12.1 Å². The molecule has 2 N–H and O–H groups in total. The molecule has 2 fully saturated rings. The van der Waals surface area contributed by atoms with Gasteiger partial charge in [0, 0.05) is 36.9 Å². The standard InChI is InChI=1S/C27H37F3N4O4S/c1-26(2,3)33-39(36,37)24-10-9-19(15-21(24)27(28,29)30)23-16-22(25(35)31-20-11-13-38-14-12-20)32-34(23)17-18-7-5-4-6-8-18/h9-10,15-16,18,20,33H,4-8,11-14,17H2,1-3H3,(H,31,35). The first-order chi connectivity index (χ1) is 18.2. The molecule has 1 aromatic carbocycles. The monoisotopic (exact) mass is 570 g/mol. The van der Waals surface area contributed by atoms with Gasteiger partial charge in [0.05, 0.1) is 16.2 Å². The van der Waals surface area contributed by atoms with Crippen LogP contribution in [0.5, 0.6) is 0 Å². The summed E-state index contributed by atoms with van der Waals surface area (Å²) in [6.07, 6.45) is 1.68. The maximum absolute atomic E-state index is 14.2. The summed E-state index contributed by atoms with van der Waals surface area (Å²) in [5, 5.41) is 7.47. The van der Waals surface area contributed by atoms with Crippen LogP contribution in [0.3, 0.4) is 0 Å². The molecular formula is C27H37F3N4O4S. The smallest absolute Gasteiger partial charge is 0.381 e. The van der Waals surface area contributed by atoms with Gasteiger partial charge in [0.15, 0.2) is 5.69 Å². The van der Waals surface area contributed by atoms with E-state index in [1.54, 1.807) is 25.5 Å². The summed E-state index contributed by atoms with van der Waals surface area (Å²) in [6, 6.07) is 4.60. The summed E-state index contributed by atoms with van der Waals surface area (Å²) in [5.41, 5.74) is -1.63. The van der Waals surface area contributed by atoms with E-state index in [-0.39, 0.29) is 17.3 Å². The lowest BCUT2D eigenvalue weighted by molar-refractivity contribution is -0.139. The summed E-state index contributed by atoms with van der Waals surface area (Å²) < 4.78 is 77.6. The molecule has 1 saturated carbocycles. The molecule has 4 rings (SSSR count). The van der Waals surface area contributed by atoms with E-state index in [2.05, 4.69) is 15.1 Å². The van der Waals surface area contributed by atoms with Gasteiger partial charge in [-0.3, -0.25) is 9.48 Å². The quantitative estimate of drug-likeness (QED) is 0.480. The Morgan fingerprint density at radius 1 is 1.05 bits per heavy atom. The van der Waals surface area contributed by atoms with Crippen molar-refractivity contribution >= 4 is 15.9 Å². The molecule has 0 radical (unpaired) electrons. The summed E-state index contributed by atoms with van der Waals surface area (Å²) >= 11 is 0. The van der Waals surface area contributed by atoms with E-state index in [0.717, 1.165) is 44.2 Å². The first-order valence-corrected chi connectivity index (χ1v) is 14.9. The second-order valence-corrected chi connectivity index (χ2v) is 13.2. The molecule has 0 spiro atoms. The fraction of sp³-hybridized carbons (Fsp3) is 0.630. The molecule has 39 heavy (non-hydrogen) atoms. The lowest BCUT2D eigenvalue weighted by Crippen LogP contribution is -2.41. The van der Waals surface area contributed by atoms with Crippen molar-refractivity contribution in [3.63, 3.8) is 0 Å². The van der Waals surface area contributed by atoms with E-state index in [1.807, 2.05) is 0 Å². The summed E-state index contributed by atoms with van der Waals surface area (Å²) in [4.78, 5) is 12.2. The van der Waals surface area contributed by atoms with Crippen LogP contribution in [0, 0.1) is 5.92 Å². The van der Waals surface area contributed by atoms with Crippen LogP contribution in [-0.4, -0.2) is 48.9 Å². The number of aromatic nitrogens is 2. The molecule has 0 bridgehead atoms. The van der Waals surface area contributed by atoms with Gasteiger partial charge in [0.1, 0.15) is 0 Å². The van der Waals surface area contributed by atoms with Gasteiger partial charge < -0.3 is 10.1 Å². The molecule has 12 heteroatoms. The number of amides is 1. The molecule has 1 aromatic heterocycles. The van der Waals surface area contributed by atoms with Crippen molar-refractivity contribution in [2.24, 2.45) is 5.92 Å². The van der Waals surface area contributed by atoms with E-state index in [9.17, 15) is 26.4 Å². The molecule has 2 heterocycles. The zero-order valence-electron chi connectivity index (χ0n) is 22.6. The number of carbonyl (C=O) groups is 1. The van der Waals surface area contributed by atoms with Crippen molar-refractivity contribution in [3.8, 4) is 11.3 Å². The molecule has 1 aliphatic heterocycles. The van der Waals surface area contributed by atoms with Crippen LogP contribution in [0.2, 0.25) is 0 Å². The van der Waals surface area contributed by atoms with E-state index in [4.69, 9.17) is 4.74 Å². The van der Waals surface area contributed by atoms with Crippen molar-refractivity contribution in [1.82, 2.24) is 19.8 Å². The number of ether oxygens (including phenoxy) is 1. The number of rotatable bonds is 7. The molecule has 1 saturated heterocycles. The van der Waals surface area contributed by atoms with Crippen molar-refractivity contribution < 1.29 is 31.1 Å². The molecule has 216 valence electrons. The highest BCUT2D eigenvalue weighted by molar-refractivity contribution is 7.89. The Labute approximate surface area is 227 Å². The van der Waals surface area contributed by atoms with E-state index < -0.39 is 38.1 Å². The SMILES string of the molecule is CC(C)(C)NS(=O)(=O)c1ccc(-c2cc(C(=O)NC3CCOCC3)nn2CC2CCCCC2)cc1C(F)(F)F.